The second-order valence-corrected chi connectivity index (χ2v) is 6.48. The number of amides is 1. The van der Waals surface area contributed by atoms with Crippen LogP contribution in [0.2, 0.25) is 0 Å². The largest absolute Gasteiger partial charge is 0.467 e. The second-order valence-electron chi connectivity index (χ2n) is 5.22. The van der Waals surface area contributed by atoms with Crippen molar-refractivity contribution in [1.29, 1.82) is 0 Å². The molecule has 0 aliphatic rings. The van der Waals surface area contributed by atoms with Gasteiger partial charge in [-0.3, -0.25) is 4.79 Å². The van der Waals surface area contributed by atoms with Gasteiger partial charge in [-0.15, -0.1) is 11.3 Å². The first-order valence-electron chi connectivity index (χ1n) is 6.87. The van der Waals surface area contributed by atoms with Crippen LogP contribution in [0.1, 0.15) is 47.3 Å². The molecule has 1 N–H and O–H groups in total. The Morgan fingerprint density at radius 1 is 1.40 bits per heavy atom. The van der Waals surface area contributed by atoms with Crippen molar-refractivity contribution < 1.29 is 14.3 Å². The molecule has 0 radical (unpaired) electrons. The van der Waals surface area contributed by atoms with Gasteiger partial charge in [0.15, 0.2) is 0 Å². The fraction of sp³-hybridized carbons (Fsp3) is 0.600. The zero-order chi connectivity index (χ0) is 15.3. The van der Waals surface area contributed by atoms with E-state index in [2.05, 4.69) is 12.2 Å². The van der Waals surface area contributed by atoms with Crippen molar-refractivity contribution in [2.24, 2.45) is 5.92 Å². The van der Waals surface area contributed by atoms with E-state index in [1.165, 1.54) is 24.0 Å². The third kappa shape index (κ3) is 4.34. The van der Waals surface area contributed by atoms with Crippen LogP contribution in [0.5, 0.6) is 0 Å². The molecule has 0 bridgehead atoms. The summed E-state index contributed by atoms with van der Waals surface area (Å²) in [4.78, 5) is 25.7. The number of hydrogen-bond acceptors (Lipinski definition) is 4. The van der Waals surface area contributed by atoms with Crippen molar-refractivity contribution in [1.82, 2.24) is 5.32 Å². The lowest BCUT2D eigenvalue weighted by molar-refractivity contribution is -0.143. The Balaban J connectivity index is 2.81. The molecule has 0 aliphatic heterocycles. The minimum Gasteiger partial charge on any atom is -0.467 e. The Morgan fingerprint density at radius 2 is 2.05 bits per heavy atom. The number of methoxy groups -OCH3 is 1. The van der Waals surface area contributed by atoms with Crippen LogP contribution in [0.25, 0.3) is 0 Å². The highest BCUT2D eigenvalue weighted by atomic mass is 32.1. The van der Waals surface area contributed by atoms with Crippen molar-refractivity contribution in [3.8, 4) is 0 Å². The summed E-state index contributed by atoms with van der Waals surface area (Å²) in [5.74, 6) is -0.291. The molecule has 20 heavy (non-hydrogen) atoms. The summed E-state index contributed by atoms with van der Waals surface area (Å²) >= 11 is 1.46. The molecule has 1 unspecified atom stereocenters. The summed E-state index contributed by atoms with van der Waals surface area (Å²) in [6.45, 7) is 8.08. The first kappa shape index (κ1) is 16.7. The van der Waals surface area contributed by atoms with Crippen molar-refractivity contribution in [3.63, 3.8) is 0 Å². The number of thiophene rings is 1. The maximum absolute atomic E-state index is 12.2. The third-order valence-corrected chi connectivity index (χ3v) is 4.21. The summed E-state index contributed by atoms with van der Waals surface area (Å²) in [5, 5.41) is 2.78. The molecule has 5 heteroatoms. The summed E-state index contributed by atoms with van der Waals surface area (Å²) in [6.07, 6.45) is 1.48. The summed E-state index contributed by atoms with van der Waals surface area (Å²) in [7, 11) is 1.34. The molecular formula is C15H23NO3S. The van der Waals surface area contributed by atoms with E-state index in [4.69, 9.17) is 4.74 Å². The summed E-state index contributed by atoms with van der Waals surface area (Å²) in [6, 6.07) is 1.32. The Morgan fingerprint density at radius 3 is 2.50 bits per heavy atom. The molecule has 1 heterocycles. The van der Waals surface area contributed by atoms with Crippen LogP contribution in [-0.4, -0.2) is 25.0 Å². The van der Waals surface area contributed by atoms with Gasteiger partial charge < -0.3 is 10.1 Å². The predicted octanol–water partition coefficient (Wildman–Crippen LogP) is 2.94. The van der Waals surface area contributed by atoms with Gasteiger partial charge in [-0.2, -0.15) is 0 Å². The van der Waals surface area contributed by atoms with Gasteiger partial charge in [0.1, 0.15) is 6.04 Å². The van der Waals surface area contributed by atoms with Crippen LogP contribution in [0, 0.1) is 12.8 Å². The van der Waals surface area contributed by atoms with E-state index >= 15 is 0 Å². The molecule has 112 valence electrons. The number of carbonyl (C=O) groups excluding carboxylic acids is 2. The summed E-state index contributed by atoms with van der Waals surface area (Å²) in [5.41, 5.74) is 1.18. The van der Waals surface area contributed by atoms with Crippen molar-refractivity contribution in [2.45, 2.75) is 46.6 Å². The number of hydrogen-bond donors (Lipinski definition) is 1. The van der Waals surface area contributed by atoms with E-state index in [1.54, 1.807) is 0 Å². The van der Waals surface area contributed by atoms with Crippen molar-refractivity contribution >= 4 is 23.2 Å². The molecule has 1 atom stereocenters. The molecule has 1 rings (SSSR count). The van der Waals surface area contributed by atoms with E-state index in [1.807, 2.05) is 26.8 Å². The number of nitrogens with one attached hydrogen (secondary N) is 1. The molecule has 4 nitrogen and oxygen atoms in total. The minimum atomic E-state index is -0.583. The molecule has 0 saturated carbocycles. The van der Waals surface area contributed by atoms with Gasteiger partial charge >= 0.3 is 5.97 Å². The lowest BCUT2D eigenvalue weighted by Gasteiger charge is -2.17. The predicted molar refractivity (Wildman–Crippen MR) is 81.2 cm³/mol. The number of ether oxygens (including phenoxy) is 1. The molecule has 1 aromatic rings. The molecule has 1 amide bonds. The number of carbonyl (C=O) groups is 2. The number of esters is 1. The summed E-state index contributed by atoms with van der Waals surface area (Å²) < 4.78 is 4.75. The molecule has 0 fully saturated rings. The fourth-order valence-corrected chi connectivity index (χ4v) is 3.06. The van der Waals surface area contributed by atoms with Crippen LogP contribution in [0.15, 0.2) is 6.07 Å². The number of aryl methyl sites for hydroxylation is 2. The van der Waals surface area contributed by atoms with Crippen LogP contribution < -0.4 is 5.32 Å². The van der Waals surface area contributed by atoms with Gasteiger partial charge in [-0.25, -0.2) is 4.79 Å². The molecule has 0 aliphatic carbocycles. The Kier molecular flexibility index (Phi) is 6.20. The van der Waals surface area contributed by atoms with Crippen LogP contribution in [0.4, 0.5) is 0 Å². The SMILES string of the molecule is CCc1cc(C(=O)NC(CC(C)C)C(=O)OC)sc1C. The van der Waals surface area contributed by atoms with Crippen molar-refractivity contribution in [2.75, 3.05) is 7.11 Å². The standard InChI is InChI=1S/C15H23NO3S/c1-6-11-8-13(20-10(11)4)14(17)16-12(7-9(2)3)15(18)19-5/h8-9,12H,6-7H2,1-5H3,(H,16,17). The highest BCUT2D eigenvalue weighted by molar-refractivity contribution is 7.14. The lowest BCUT2D eigenvalue weighted by atomic mass is 10.0. The van der Waals surface area contributed by atoms with E-state index in [9.17, 15) is 9.59 Å². The van der Waals surface area contributed by atoms with Gasteiger partial charge in [0.25, 0.3) is 5.91 Å². The first-order valence-corrected chi connectivity index (χ1v) is 7.68. The average Bonchev–Trinajstić information content (AvgIpc) is 2.77. The van der Waals surface area contributed by atoms with Crippen LogP contribution >= 0.6 is 11.3 Å². The molecular weight excluding hydrogens is 274 g/mol. The average molecular weight is 297 g/mol. The Bertz CT molecular complexity index is 479. The first-order chi connectivity index (χ1) is 9.38. The molecule has 0 saturated heterocycles. The van der Waals surface area contributed by atoms with Gasteiger partial charge in [-0.1, -0.05) is 20.8 Å². The van der Waals surface area contributed by atoms with E-state index < -0.39 is 12.0 Å². The van der Waals surface area contributed by atoms with Gasteiger partial charge in [0.2, 0.25) is 0 Å². The van der Waals surface area contributed by atoms with Crippen LogP contribution in [0.3, 0.4) is 0 Å². The lowest BCUT2D eigenvalue weighted by Crippen LogP contribution is -2.42. The highest BCUT2D eigenvalue weighted by Gasteiger charge is 2.24. The maximum Gasteiger partial charge on any atom is 0.328 e. The Labute approximate surface area is 124 Å². The minimum absolute atomic E-state index is 0.200. The van der Waals surface area contributed by atoms with E-state index in [-0.39, 0.29) is 5.91 Å². The quantitative estimate of drug-likeness (QED) is 0.821. The topological polar surface area (TPSA) is 55.4 Å². The van der Waals surface area contributed by atoms with E-state index in [0.29, 0.717) is 17.2 Å². The van der Waals surface area contributed by atoms with Crippen molar-refractivity contribution in [3.05, 3.63) is 21.4 Å². The fourth-order valence-electron chi connectivity index (χ4n) is 2.04. The second kappa shape index (κ2) is 7.43. The highest BCUT2D eigenvalue weighted by Crippen LogP contribution is 2.22. The molecule has 0 aromatic carbocycles. The zero-order valence-electron chi connectivity index (χ0n) is 12.8. The zero-order valence-corrected chi connectivity index (χ0v) is 13.6. The third-order valence-electron chi connectivity index (χ3n) is 3.12. The molecule has 0 spiro atoms. The normalized spacial score (nSPS) is 12.3. The maximum atomic E-state index is 12.2. The van der Waals surface area contributed by atoms with Gasteiger partial charge in [-0.05, 0) is 37.3 Å². The van der Waals surface area contributed by atoms with Gasteiger partial charge in [0, 0.05) is 4.88 Å². The van der Waals surface area contributed by atoms with Crippen LogP contribution in [-0.2, 0) is 16.0 Å². The molecule has 1 aromatic heterocycles. The monoisotopic (exact) mass is 297 g/mol. The smallest absolute Gasteiger partial charge is 0.328 e. The Hall–Kier alpha value is -1.36. The number of rotatable bonds is 6. The van der Waals surface area contributed by atoms with E-state index in [0.717, 1.165) is 11.3 Å². The van der Waals surface area contributed by atoms with Gasteiger partial charge in [0.05, 0.1) is 12.0 Å².